The van der Waals surface area contributed by atoms with E-state index in [4.69, 9.17) is 11.6 Å². The summed E-state index contributed by atoms with van der Waals surface area (Å²) >= 11 is 8.56. The van der Waals surface area contributed by atoms with E-state index < -0.39 is 0 Å². The second-order valence-electron chi connectivity index (χ2n) is 6.50. The maximum atomic E-state index is 12.4. The van der Waals surface area contributed by atoms with Crippen LogP contribution >= 0.6 is 34.7 Å². The lowest BCUT2D eigenvalue weighted by atomic mass is 10.2. The number of anilines is 1. The Morgan fingerprint density at radius 2 is 2.11 bits per heavy atom. The average molecular weight is 433 g/mol. The molecule has 1 amide bonds. The number of nitrogens with one attached hydrogen (secondary N) is 1. The zero-order valence-corrected chi connectivity index (χ0v) is 17.4. The molecule has 9 heteroatoms. The van der Waals surface area contributed by atoms with Crippen molar-refractivity contribution in [2.45, 2.75) is 30.8 Å². The van der Waals surface area contributed by atoms with Crippen molar-refractivity contribution in [3.05, 3.63) is 51.4 Å². The summed E-state index contributed by atoms with van der Waals surface area (Å²) in [6, 6.07) is 11.0. The predicted octanol–water partition coefficient (Wildman–Crippen LogP) is 4.79. The fourth-order valence-electron chi connectivity index (χ4n) is 2.81. The summed E-state index contributed by atoms with van der Waals surface area (Å²) in [6.07, 6.45) is 2.17. The molecule has 3 aromatic rings. The molecular formula is C19H17ClN4O2S2. The highest BCUT2D eigenvalue weighted by Gasteiger charge is 2.31. The average Bonchev–Trinajstić information content (AvgIpc) is 3.27. The molecule has 0 radical (unpaired) electrons. The van der Waals surface area contributed by atoms with Crippen molar-refractivity contribution in [2.75, 3.05) is 11.1 Å². The molecule has 1 aliphatic carbocycles. The van der Waals surface area contributed by atoms with Gasteiger partial charge in [-0.15, -0.1) is 21.5 Å². The van der Waals surface area contributed by atoms with Crippen LogP contribution in [0.4, 0.5) is 5.69 Å². The fourth-order valence-corrected chi connectivity index (χ4v) is 4.73. The van der Waals surface area contributed by atoms with Crippen molar-refractivity contribution in [3.63, 3.8) is 0 Å². The Bertz CT molecular complexity index is 1040. The second kappa shape index (κ2) is 8.06. The van der Waals surface area contributed by atoms with Crippen LogP contribution in [0.15, 0.2) is 41.6 Å². The predicted molar refractivity (Wildman–Crippen MR) is 112 cm³/mol. The molecule has 0 bridgehead atoms. The quantitative estimate of drug-likeness (QED) is 0.429. The molecule has 1 aromatic carbocycles. The smallest absolute Gasteiger partial charge is 0.221 e. The highest BCUT2D eigenvalue weighted by atomic mass is 35.5. The van der Waals surface area contributed by atoms with Crippen molar-refractivity contribution >= 4 is 52.1 Å². The van der Waals surface area contributed by atoms with E-state index in [0.29, 0.717) is 26.0 Å². The monoisotopic (exact) mass is 432 g/mol. The number of benzene rings is 1. The van der Waals surface area contributed by atoms with Crippen LogP contribution in [0.3, 0.4) is 0 Å². The third kappa shape index (κ3) is 4.29. The van der Waals surface area contributed by atoms with Crippen molar-refractivity contribution < 1.29 is 9.59 Å². The molecule has 6 nitrogen and oxygen atoms in total. The van der Waals surface area contributed by atoms with Crippen LogP contribution in [-0.4, -0.2) is 32.2 Å². The van der Waals surface area contributed by atoms with Crippen LogP contribution in [0.25, 0.3) is 5.69 Å². The zero-order valence-electron chi connectivity index (χ0n) is 15.0. The number of aromatic nitrogens is 3. The van der Waals surface area contributed by atoms with Gasteiger partial charge in [0.2, 0.25) is 5.91 Å². The molecule has 0 aliphatic heterocycles. The van der Waals surface area contributed by atoms with Crippen LogP contribution in [0.5, 0.6) is 0 Å². The van der Waals surface area contributed by atoms with E-state index in [0.717, 1.165) is 24.4 Å². The molecule has 2 aromatic heterocycles. The minimum Gasteiger partial charge on any atom is -0.326 e. The number of amides is 1. The van der Waals surface area contributed by atoms with Gasteiger partial charge in [0.25, 0.3) is 0 Å². The number of nitrogens with zero attached hydrogens (tertiary/aromatic N) is 3. The summed E-state index contributed by atoms with van der Waals surface area (Å²) in [5.74, 6) is 1.42. The summed E-state index contributed by atoms with van der Waals surface area (Å²) in [4.78, 5) is 24.5. The van der Waals surface area contributed by atoms with E-state index >= 15 is 0 Å². The maximum absolute atomic E-state index is 12.4. The molecule has 0 unspecified atom stereocenters. The molecule has 144 valence electrons. The van der Waals surface area contributed by atoms with Gasteiger partial charge in [0.1, 0.15) is 5.82 Å². The molecule has 1 saturated carbocycles. The van der Waals surface area contributed by atoms with Crippen molar-refractivity contribution in [3.8, 4) is 5.69 Å². The summed E-state index contributed by atoms with van der Waals surface area (Å²) in [5.41, 5.74) is 1.58. The van der Waals surface area contributed by atoms with E-state index in [1.807, 2.05) is 28.8 Å². The Morgan fingerprint density at radius 1 is 1.29 bits per heavy atom. The number of halogens is 1. The van der Waals surface area contributed by atoms with Crippen LogP contribution in [-0.2, 0) is 4.79 Å². The first-order valence-electron chi connectivity index (χ1n) is 8.76. The van der Waals surface area contributed by atoms with Gasteiger partial charge in [0.05, 0.1) is 20.7 Å². The van der Waals surface area contributed by atoms with Gasteiger partial charge in [-0.1, -0.05) is 29.4 Å². The lowest BCUT2D eigenvalue weighted by molar-refractivity contribution is -0.114. The number of ketones is 1. The minimum atomic E-state index is -0.127. The number of rotatable bonds is 7. The first kappa shape index (κ1) is 19.2. The van der Waals surface area contributed by atoms with Crippen LogP contribution < -0.4 is 5.32 Å². The third-order valence-corrected chi connectivity index (χ3v) is 6.41. The van der Waals surface area contributed by atoms with Crippen LogP contribution in [0.1, 0.15) is 41.2 Å². The minimum absolute atomic E-state index is 0.0106. The first-order valence-corrected chi connectivity index (χ1v) is 10.9. The normalized spacial score (nSPS) is 13.5. The fraction of sp³-hybridized carbons (Fsp3) is 0.263. The highest BCUT2D eigenvalue weighted by Crippen LogP contribution is 2.41. The van der Waals surface area contributed by atoms with Gasteiger partial charge in [0.15, 0.2) is 10.9 Å². The molecule has 4 rings (SSSR count). The Labute approximate surface area is 175 Å². The molecule has 0 spiro atoms. The highest BCUT2D eigenvalue weighted by molar-refractivity contribution is 7.99. The number of thioether (sulfide) groups is 1. The van der Waals surface area contributed by atoms with Gasteiger partial charge in [0, 0.05) is 18.5 Å². The van der Waals surface area contributed by atoms with Gasteiger partial charge < -0.3 is 5.32 Å². The Balaban J connectivity index is 1.60. The van der Waals surface area contributed by atoms with Gasteiger partial charge in [-0.05, 0) is 43.2 Å². The lowest BCUT2D eigenvalue weighted by Crippen LogP contribution is -2.08. The molecular weight excluding hydrogens is 416 g/mol. The maximum Gasteiger partial charge on any atom is 0.221 e. The summed E-state index contributed by atoms with van der Waals surface area (Å²) in [5, 5.41) is 12.2. The molecule has 28 heavy (non-hydrogen) atoms. The Morgan fingerprint density at radius 3 is 2.79 bits per heavy atom. The molecule has 1 aliphatic rings. The van der Waals surface area contributed by atoms with E-state index in [-0.39, 0.29) is 17.4 Å². The molecule has 1 N–H and O–H groups in total. The van der Waals surface area contributed by atoms with Gasteiger partial charge in [-0.3, -0.25) is 14.2 Å². The summed E-state index contributed by atoms with van der Waals surface area (Å²) < 4.78 is 2.59. The molecule has 1 fully saturated rings. The number of carbonyl (C=O) groups excluding carboxylic acids is 2. The molecule has 0 saturated heterocycles. The van der Waals surface area contributed by atoms with Crippen molar-refractivity contribution in [1.82, 2.24) is 14.8 Å². The lowest BCUT2D eigenvalue weighted by Gasteiger charge is -2.11. The number of Topliss-reactive ketones (excluding diaryl/α,β-unsaturated/α-hetero) is 1. The topological polar surface area (TPSA) is 76.9 Å². The second-order valence-corrected chi connectivity index (χ2v) is 9.16. The standard InChI is InChI=1S/C19H17ClN4O2S2/c1-11(25)21-13-3-2-4-14(9-13)24-18(12-5-6-12)22-23-19(24)27-10-15(26)16-7-8-17(20)28-16/h2-4,7-9,12H,5-6,10H2,1H3,(H,21,25). The molecule has 0 atom stereocenters. The van der Waals surface area contributed by atoms with Gasteiger partial charge in [-0.25, -0.2) is 0 Å². The Kier molecular flexibility index (Phi) is 5.52. The van der Waals surface area contributed by atoms with E-state index in [1.54, 1.807) is 12.1 Å². The van der Waals surface area contributed by atoms with Crippen molar-refractivity contribution in [1.29, 1.82) is 0 Å². The summed E-state index contributed by atoms with van der Waals surface area (Å²) in [7, 11) is 0. The first-order chi connectivity index (χ1) is 13.5. The number of carbonyl (C=O) groups is 2. The SMILES string of the molecule is CC(=O)Nc1cccc(-n2c(SCC(=O)c3ccc(Cl)s3)nnc2C2CC2)c1. The van der Waals surface area contributed by atoms with Gasteiger partial charge in [-0.2, -0.15) is 0 Å². The Hall–Kier alpha value is -2.16. The van der Waals surface area contributed by atoms with E-state index in [1.165, 1.54) is 30.0 Å². The van der Waals surface area contributed by atoms with Gasteiger partial charge >= 0.3 is 0 Å². The number of hydrogen-bond donors (Lipinski definition) is 1. The third-order valence-electron chi connectivity index (χ3n) is 4.21. The molecule has 2 heterocycles. The number of thiophene rings is 1. The summed E-state index contributed by atoms with van der Waals surface area (Å²) in [6.45, 7) is 1.48. The van der Waals surface area contributed by atoms with Crippen LogP contribution in [0.2, 0.25) is 4.34 Å². The van der Waals surface area contributed by atoms with Crippen molar-refractivity contribution in [2.24, 2.45) is 0 Å². The zero-order chi connectivity index (χ0) is 19.7. The van der Waals surface area contributed by atoms with E-state index in [9.17, 15) is 9.59 Å². The largest absolute Gasteiger partial charge is 0.326 e. The number of hydrogen-bond acceptors (Lipinski definition) is 6. The van der Waals surface area contributed by atoms with Crippen LogP contribution in [0, 0.1) is 0 Å². The van der Waals surface area contributed by atoms with E-state index in [2.05, 4.69) is 15.5 Å².